The lowest BCUT2D eigenvalue weighted by molar-refractivity contribution is 0.0513. The Kier molecular flexibility index (Phi) is 4.39. The van der Waals surface area contributed by atoms with E-state index < -0.39 is 11.7 Å². The summed E-state index contributed by atoms with van der Waals surface area (Å²) in [5.74, 6) is 0.388. The number of alkyl carbamates (subject to hydrolysis) is 1. The summed E-state index contributed by atoms with van der Waals surface area (Å²) in [6.07, 6.45) is -0.421. The number of amides is 1. The highest BCUT2D eigenvalue weighted by atomic mass is 35.5. The third-order valence-electron chi connectivity index (χ3n) is 0.995. The predicted molar refractivity (Wildman–Crippen MR) is 49.6 cm³/mol. The van der Waals surface area contributed by atoms with Gasteiger partial charge in [0.05, 0.1) is 0 Å². The maximum absolute atomic E-state index is 11.0. The van der Waals surface area contributed by atoms with Crippen molar-refractivity contribution < 1.29 is 9.53 Å². The fourth-order valence-electron chi connectivity index (χ4n) is 0.547. The summed E-state index contributed by atoms with van der Waals surface area (Å²) >= 11 is 5.50. The average molecular weight is 194 g/mol. The number of ether oxygens (including phenoxy) is 1. The number of carbonyl (C=O) groups is 1. The summed E-state index contributed by atoms with van der Waals surface area (Å²) in [4.78, 5) is 11.0. The molecular weight excluding hydrogens is 178 g/mol. The molecule has 0 radical (unpaired) electrons. The summed E-state index contributed by atoms with van der Waals surface area (Å²) in [5, 5.41) is 2.59. The quantitative estimate of drug-likeness (QED) is 0.683. The first-order valence-electron chi connectivity index (χ1n) is 3.90. The number of carbonyl (C=O) groups excluding carboxylic acids is 1. The van der Waals surface area contributed by atoms with Gasteiger partial charge >= 0.3 is 6.09 Å². The van der Waals surface area contributed by atoms with E-state index in [9.17, 15) is 4.79 Å². The van der Waals surface area contributed by atoms with Crippen LogP contribution >= 0.6 is 11.6 Å². The normalized spacial score (nSPS) is 13.8. The molecule has 0 fully saturated rings. The smallest absolute Gasteiger partial charge is 0.407 e. The van der Waals surface area contributed by atoms with Gasteiger partial charge in [-0.25, -0.2) is 4.79 Å². The van der Waals surface area contributed by atoms with Crippen LogP contribution in [0, 0.1) is 0 Å². The van der Waals surface area contributed by atoms with Gasteiger partial charge in [-0.2, -0.15) is 0 Å². The van der Waals surface area contributed by atoms with Crippen molar-refractivity contribution in [3.63, 3.8) is 0 Å². The molecule has 4 heteroatoms. The second-order valence-corrected chi connectivity index (χ2v) is 4.01. The number of rotatable bonds is 2. The lowest BCUT2D eigenvalue weighted by atomic mass is 10.2. The van der Waals surface area contributed by atoms with Crippen LogP contribution in [0.3, 0.4) is 0 Å². The van der Waals surface area contributed by atoms with E-state index in [0.717, 1.165) is 0 Å². The number of hydrogen-bond donors (Lipinski definition) is 1. The molecule has 1 atom stereocenters. The third kappa shape index (κ3) is 6.28. The molecule has 0 aliphatic heterocycles. The Balaban J connectivity index is 3.75. The molecule has 1 amide bonds. The van der Waals surface area contributed by atoms with Crippen molar-refractivity contribution >= 4 is 17.7 Å². The van der Waals surface area contributed by atoms with Crippen LogP contribution in [0.4, 0.5) is 4.79 Å². The minimum Gasteiger partial charge on any atom is -0.444 e. The summed E-state index contributed by atoms with van der Waals surface area (Å²) in [7, 11) is 0. The van der Waals surface area contributed by atoms with E-state index in [1.165, 1.54) is 0 Å². The molecule has 0 aromatic heterocycles. The molecule has 0 heterocycles. The minimum atomic E-state index is -0.448. The standard InChI is InChI=1S/C8H16ClNO2/c1-6(5-9)10-7(11)12-8(2,3)4/h6H,5H2,1-4H3,(H,10,11). The third-order valence-corrected chi connectivity index (χ3v) is 1.46. The van der Waals surface area contributed by atoms with Gasteiger partial charge in [-0.05, 0) is 27.7 Å². The summed E-state index contributed by atoms with van der Waals surface area (Å²) in [6.45, 7) is 7.27. The maximum Gasteiger partial charge on any atom is 0.407 e. The molecule has 0 spiro atoms. The number of alkyl halides is 1. The van der Waals surface area contributed by atoms with Crippen molar-refractivity contribution in [3.05, 3.63) is 0 Å². The molecule has 72 valence electrons. The summed E-state index contributed by atoms with van der Waals surface area (Å²) in [5.41, 5.74) is -0.448. The topological polar surface area (TPSA) is 38.3 Å². The van der Waals surface area contributed by atoms with Gasteiger partial charge in [-0.15, -0.1) is 11.6 Å². The Bertz CT molecular complexity index is 154. The zero-order valence-corrected chi connectivity index (χ0v) is 8.73. The SMILES string of the molecule is CC(CCl)NC(=O)OC(C)(C)C. The first-order chi connectivity index (χ1) is 5.35. The van der Waals surface area contributed by atoms with Crippen LogP contribution in [0.5, 0.6) is 0 Å². The lowest BCUT2D eigenvalue weighted by Gasteiger charge is -2.21. The van der Waals surface area contributed by atoms with Crippen LogP contribution in [-0.2, 0) is 4.74 Å². The Morgan fingerprint density at radius 2 is 2.08 bits per heavy atom. The highest BCUT2D eigenvalue weighted by Crippen LogP contribution is 2.06. The van der Waals surface area contributed by atoms with E-state index in [1.807, 2.05) is 27.7 Å². The van der Waals surface area contributed by atoms with Crippen molar-refractivity contribution in [1.29, 1.82) is 0 Å². The molecule has 3 nitrogen and oxygen atoms in total. The Labute approximate surface area is 78.4 Å². The van der Waals surface area contributed by atoms with Gasteiger partial charge < -0.3 is 10.1 Å². The molecule has 1 unspecified atom stereocenters. The van der Waals surface area contributed by atoms with Crippen LogP contribution in [0.2, 0.25) is 0 Å². The van der Waals surface area contributed by atoms with E-state index in [2.05, 4.69) is 5.32 Å². The fraction of sp³-hybridized carbons (Fsp3) is 0.875. The van der Waals surface area contributed by atoms with Gasteiger partial charge in [0, 0.05) is 11.9 Å². The molecule has 0 aromatic rings. The zero-order valence-electron chi connectivity index (χ0n) is 7.98. The van der Waals surface area contributed by atoms with Crippen LogP contribution < -0.4 is 5.32 Å². The van der Waals surface area contributed by atoms with Crippen LogP contribution in [-0.4, -0.2) is 23.6 Å². The number of hydrogen-bond acceptors (Lipinski definition) is 2. The van der Waals surface area contributed by atoms with Crippen LogP contribution in [0.15, 0.2) is 0 Å². The van der Waals surface area contributed by atoms with Gasteiger partial charge in [0.15, 0.2) is 0 Å². The Hall–Kier alpha value is -0.440. The van der Waals surface area contributed by atoms with E-state index in [-0.39, 0.29) is 6.04 Å². The average Bonchev–Trinajstić information content (AvgIpc) is 1.82. The van der Waals surface area contributed by atoms with Gasteiger partial charge in [-0.1, -0.05) is 0 Å². The molecule has 0 saturated heterocycles. The van der Waals surface area contributed by atoms with Crippen molar-refractivity contribution in [2.45, 2.75) is 39.3 Å². The Morgan fingerprint density at radius 3 is 2.42 bits per heavy atom. The number of halogens is 1. The molecule has 0 saturated carbocycles. The zero-order chi connectivity index (χ0) is 9.78. The molecule has 0 aliphatic rings. The molecule has 0 aliphatic carbocycles. The molecule has 0 bridgehead atoms. The summed E-state index contributed by atoms with van der Waals surface area (Å²) < 4.78 is 5.00. The monoisotopic (exact) mass is 193 g/mol. The Morgan fingerprint density at radius 1 is 1.58 bits per heavy atom. The largest absolute Gasteiger partial charge is 0.444 e. The second-order valence-electron chi connectivity index (χ2n) is 3.70. The first kappa shape index (κ1) is 11.6. The maximum atomic E-state index is 11.0. The number of nitrogens with one attached hydrogen (secondary N) is 1. The van der Waals surface area contributed by atoms with E-state index in [1.54, 1.807) is 0 Å². The van der Waals surface area contributed by atoms with Gasteiger partial charge in [0.25, 0.3) is 0 Å². The molecule has 1 N–H and O–H groups in total. The minimum absolute atomic E-state index is 0.0542. The molecule has 0 rings (SSSR count). The predicted octanol–water partition coefficient (Wildman–Crippen LogP) is 2.14. The van der Waals surface area contributed by atoms with E-state index in [0.29, 0.717) is 5.88 Å². The van der Waals surface area contributed by atoms with Crippen molar-refractivity contribution in [3.8, 4) is 0 Å². The lowest BCUT2D eigenvalue weighted by Crippen LogP contribution is -2.38. The molecular formula is C8H16ClNO2. The van der Waals surface area contributed by atoms with Gasteiger partial charge in [0.1, 0.15) is 5.60 Å². The van der Waals surface area contributed by atoms with Crippen molar-refractivity contribution in [1.82, 2.24) is 5.32 Å². The van der Waals surface area contributed by atoms with E-state index >= 15 is 0 Å². The summed E-state index contributed by atoms with van der Waals surface area (Å²) in [6, 6.07) is -0.0542. The van der Waals surface area contributed by atoms with Crippen molar-refractivity contribution in [2.75, 3.05) is 5.88 Å². The highest BCUT2D eigenvalue weighted by molar-refractivity contribution is 6.18. The van der Waals surface area contributed by atoms with Crippen LogP contribution in [0.1, 0.15) is 27.7 Å². The van der Waals surface area contributed by atoms with Gasteiger partial charge in [0.2, 0.25) is 0 Å². The van der Waals surface area contributed by atoms with Crippen LogP contribution in [0.25, 0.3) is 0 Å². The van der Waals surface area contributed by atoms with E-state index in [4.69, 9.17) is 16.3 Å². The molecule has 0 aromatic carbocycles. The highest BCUT2D eigenvalue weighted by Gasteiger charge is 2.16. The molecule has 12 heavy (non-hydrogen) atoms. The second kappa shape index (κ2) is 4.55. The fourth-order valence-corrected chi connectivity index (χ4v) is 0.624. The first-order valence-corrected chi connectivity index (χ1v) is 4.44. The van der Waals surface area contributed by atoms with Gasteiger partial charge in [-0.3, -0.25) is 0 Å². The van der Waals surface area contributed by atoms with Crippen molar-refractivity contribution in [2.24, 2.45) is 0 Å².